The predicted octanol–water partition coefficient (Wildman–Crippen LogP) is 8.08. The number of carbonyl (C=O) groups is 3. The summed E-state index contributed by atoms with van der Waals surface area (Å²) in [5.74, 6) is -3.17. The summed E-state index contributed by atoms with van der Waals surface area (Å²) in [4.78, 5) is 53.8. The number of halogens is 3. The minimum atomic E-state index is -5.14. The van der Waals surface area contributed by atoms with Gasteiger partial charge in [-0.2, -0.15) is 18.2 Å². The van der Waals surface area contributed by atoms with Gasteiger partial charge in [0, 0.05) is 38.1 Å². The largest absolute Gasteiger partial charge is 0.490 e. The second kappa shape index (κ2) is 20.5. The van der Waals surface area contributed by atoms with Crippen LogP contribution in [0.4, 0.5) is 23.1 Å². The zero-order chi connectivity index (χ0) is 46.9. The summed E-state index contributed by atoms with van der Waals surface area (Å²) in [6.45, 7) is 6.54. The molecule has 14 nitrogen and oxygen atoms in total. The number of carboxylic acid groups (broad SMARTS) is 1. The van der Waals surface area contributed by atoms with Crippen molar-refractivity contribution < 1.29 is 47.0 Å². The van der Waals surface area contributed by atoms with E-state index in [9.17, 15) is 32.7 Å². The first-order valence-electron chi connectivity index (χ1n) is 21.3. The van der Waals surface area contributed by atoms with Crippen LogP contribution in [-0.4, -0.2) is 101 Å². The highest BCUT2D eigenvalue weighted by atomic mass is 32.1. The molecule has 0 aliphatic carbocycles. The number of guanidine groups is 1. The number of carboxylic acids is 1. The molecular formula is C48H50F3N7O7S. The van der Waals surface area contributed by atoms with Gasteiger partial charge in [-0.25, -0.2) is 14.6 Å². The van der Waals surface area contributed by atoms with E-state index in [1.54, 1.807) is 48.1 Å². The number of thiazole rings is 1. The number of aliphatic imine (C=N–C) groups is 1. The van der Waals surface area contributed by atoms with Gasteiger partial charge in [0.15, 0.2) is 11.7 Å². The van der Waals surface area contributed by atoms with Crippen molar-refractivity contribution in [2.24, 2.45) is 16.1 Å². The maximum absolute atomic E-state index is 13.5. The zero-order valence-electron chi connectivity index (χ0n) is 36.6. The molecule has 2 amide bonds. The van der Waals surface area contributed by atoms with Gasteiger partial charge in [0.05, 0.1) is 0 Å². The number of anilines is 1. The smallest absolute Gasteiger partial charge is 0.473 e. The maximum atomic E-state index is 13.5. The zero-order valence-corrected chi connectivity index (χ0v) is 37.4. The molecule has 5 aromatic rings. The number of aromatic nitrogens is 1. The molecule has 0 radical (unpaired) electrons. The topological polar surface area (TPSA) is 167 Å². The standard InChI is InChI=1S/C48H50F3N7O7S/c1-46(2,3)65-45(62)52-28-32-21-23-57(29-32)44(54-42(61)48(49,50)51)58-24-22-33-27-38(20-19-34(33)30-58)63-25-26-64-56-40(41(59)60)39-31-66-43(53-39)55-47(35-13-7-4-8-14-35,36-15-9-5-10-16-36)37-17-11-6-12-18-37/h4-20,27,31-32H,21-26,28-30H2,1-3H3,(H,52,62)(H,53,55)(H,59,60)/b54-44?,56-40-. The lowest BCUT2D eigenvalue weighted by molar-refractivity contribution is -0.169. The van der Waals surface area contributed by atoms with Gasteiger partial charge in [-0.05, 0) is 79.5 Å². The van der Waals surface area contributed by atoms with Gasteiger partial charge in [-0.1, -0.05) is 102 Å². The summed E-state index contributed by atoms with van der Waals surface area (Å²) in [6.07, 6.45) is -4.73. The van der Waals surface area contributed by atoms with E-state index < -0.39 is 35.3 Å². The third-order valence-corrected chi connectivity index (χ3v) is 11.6. The first-order chi connectivity index (χ1) is 31.6. The molecule has 18 heteroatoms. The Morgan fingerprint density at radius 2 is 1.48 bits per heavy atom. The lowest BCUT2D eigenvalue weighted by atomic mass is 9.77. The number of aliphatic carboxylic acids is 1. The average molecular weight is 926 g/mol. The molecule has 3 heterocycles. The molecule has 1 unspecified atom stereocenters. The molecule has 4 aromatic carbocycles. The third kappa shape index (κ3) is 11.6. The SMILES string of the molecule is CC(C)(C)OC(=O)NCC1CCN(C(=NC(=O)C(F)(F)F)N2CCc3cc(OCCO/N=C(\C(=O)O)c4csc(NC(c5ccccc5)(c5ccccc5)c5ccccc5)n4)ccc3C2)C1. The number of carbonyl (C=O) groups excluding carboxylic acids is 2. The van der Waals surface area contributed by atoms with Gasteiger partial charge in [0.2, 0.25) is 11.7 Å². The number of hydrogen-bond acceptors (Lipinski definition) is 10. The molecule has 2 aliphatic rings. The van der Waals surface area contributed by atoms with Gasteiger partial charge in [0.1, 0.15) is 29.2 Å². The molecule has 1 atom stereocenters. The predicted molar refractivity (Wildman–Crippen MR) is 244 cm³/mol. The lowest BCUT2D eigenvalue weighted by Gasteiger charge is -2.36. The molecule has 0 bridgehead atoms. The third-order valence-electron chi connectivity index (χ3n) is 10.9. The monoisotopic (exact) mass is 925 g/mol. The van der Waals surface area contributed by atoms with Crippen molar-refractivity contribution in [3.8, 4) is 5.75 Å². The number of rotatable bonds is 14. The Hall–Kier alpha value is -6.95. The first-order valence-corrected chi connectivity index (χ1v) is 22.2. The van der Waals surface area contributed by atoms with Gasteiger partial charge in [-0.3, -0.25) is 4.79 Å². The van der Waals surface area contributed by atoms with Crippen molar-refractivity contribution in [3.05, 3.63) is 148 Å². The van der Waals surface area contributed by atoms with E-state index in [1.807, 2.05) is 97.1 Å². The summed E-state index contributed by atoms with van der Waals surface area (Å²) in [7, 11) is 0. The maximum Gasteiger partial charge on any atom is 0.473 e. The molecule has 0 saturated carbocycles. The highest BCUT2D eigenvalue weighted by Gasteiger charge is 2.41. The van der Waals surface area contributed by atoms with Crippen LogP contribution in [-0.2, 0) is 37.7 Å². The second-order valence-corrected chi connectivity index (χ2v) is 17.6. The normalized spacial score (nSPS) is 15.8. The lowest BCUT2D eigenvalue weighted by Crippen LogP contribution is -2.47. The number of alkyl halides is 3. The number of benzene rings is 4. The molecule has 7 rings (SSSR count). The van der Waals surface area contributed by atoms with Crippen LogP contribution < -0.4 is 15.4 Å². The number of nitrogens with zero attached hydrogens (tertiary/aromatic N) is 5. The van der Waals surface area contributed by atoms with E-state index in [4.69, 9.17) is 14.3 Å². The van der Waals surface area contributed by atoms with Crippen molar-refractivity contribution in [1.82, 2.24) is 20.1 Å². The molecule has 66 heavy (non-hydrogen) atoms. The number of fused-ring (bicyclic) bond motifs is 1. The summed E-state index contributed by atoms with van der Waals surface area (Å²) in [5.41, 5.74) is 2.76. The van der Waals surface area contributed by atoms with Crippen LogP contribution in [0.3, 0.4) is 0 Å². The van der Waals surface area contributed by atoms with Crippen LogP contribution in [0.15, 0.2) is 125 Å². The number of oxime groups is 1. The number of nitrogens with one attached hydrogen (secondary N) is 2. The number of ether oxygens (including phenoxy) is 2. The quantitative estimate of drug-likeness (QED) is 0.0324. The number of alkyl carbamates (subject to hydrolysis) is 1. The Balaban J connectivity index is 0.976. The minimum absolute atomic E-state index is 0.0220. The Morgan fingerprint density at radius 1 is 0.848 bits per heavy atom. The Kier molecular flexibility index (Phi) is 14.6. The molecule has 1 saturated heterocycles. The van der Waals surface area contributed by atoms with E-state index >= 15 is 0 Å². The number of likely N-dealkylation sites (tertiary alicyclic amines) is 1. The number of amides is 2. The van der Waals surface area contributed by atoms with Crippen molar-refractivity contribution in [2.75, 3.05) is 44.7 Å². The van der Waals surface area contributed by atoms with Crippen LogP contribution in [0.5, 0.6) is 5.75 Å². The summed E-state index contributed by atoms with van der Waals surface area (Å²) in [5, 5.41) is 22.5. The summed E-state index contributed by atoms with van der Waals surface area (Å²) < 4.78 is 51.6. The van der Waals surface area contributed by atoms with Gasteiger partial charge in [-0.15, -0.1) is 11.3 Å². The van der Waals surface area contributed by atoms with Crippen LogP contribution in [0.2, 0.25) is 0 Å². The summed E-state index contributed by atoms with van der Waals surface area (Å²) >= 11 is 1.24. The van der Waals surface area contributed by atoms with E-state index in [-0.39, 0.29) is 62.7 Å². The fourth-order valence-corrected chi connectivity index (χ4v) is 8.64. The van der Waals surface area contributed by atoms with Gasteiger partial charge < -0.3 is 39.9 Å². The Bertz CT molecular complexity index is 2440. The molecule has 1 aromatic heterocycles. The highest BCUT2D eigenvalue weighted by Crippen LogP contribution is 2.41. The molecule has 3 N–H and O–H groups in total. The van der Waals surface area contributed by atoms with E-state index in [2.05, 4.69) is 25.8 Å². The fraction of sp³-hybridized carbons (Fsp3) is 0.333. The van der Waals surface area contributed by atoms with Crippen LogP contribution >= 0.6 is 11.3 Å². The van der Waals surface area contributed by atoms with E-state index in [1.165, 1.54) is 11.3 Å². The van der Waals surface area contributed by atoms with Gasteiger partial charge in [0.25, 0.3) is 0 Å². The molecule has 0 spiro atoms. The molecule has 1 fully saturated rings. The van der Waals surface area contributed by atoms with Gasteiger partial charge >= 0.3 is 24.1 Å². The van der Waals surface area contributed by atoms with Crippen molar-refractivity contribution in [2.45, 2.75) is 57.5 Å². The Labute approximate surface area is 384 Å². The minimum Gasteiger partial charge on any atom is -0.490 e. The second-order valence-electron chi connectivity index (χ2n) is 16.7. The fourth-order valence-electron chi connectivity index (χ4n) is 7.89. The molecular weight excluding hydrogens is 876 g/mol. The van der Waals surface area contributed by atoms with Crippen molar-refractivity contribution in [3.63, 3.8) is 0 Å². The van der Waals surface area contributed by atoms with Crippen LogP contribution in [0.1, 0.15) is 60.7 Å². The van der Waals surface area contributed by atoms with E-state index in [0.717, 1.165) is 27.8 Å². The Morgan fingerprint density at radius 3 is 2.08 bits per heavy atom. The van der Waals surface area contributed by atoms with E-state index in [0.29, 0.717) is 30.3 Å². The van der Waals surface area contributed by atoms with Crippen LogP contribution in [0, 0.1) is 5.92 Å². The molecule has 2 aliphatic heterocycles. The average Bonchev–Trinajstić information content (AvgIpc) is 3.97. The number of hydrogen-bond donors (Lipinski definition) is 3. The first kappa shape index (κ1) is 47.0. The van der Waals surface area contributed by atoms with Crippen molar-refractivity contribution in [1.29, 1.82) is 0 Å². The summed E-state index contributed by atoms with van der Waals surface area (Å²) in [6, 6.07) is 35.2. The van der Waals surface area contributed by atoms with Crippen LogP contribution in [0.25, 0.3) is 0 Å². The molecule has 346 valence electrons. The van der Waals surface area contributed by atoms with Crippen molar-refractivity contribution >= 4 is 46.1 Å². The highest BCUT2D eigenvalue weighted by molar-refractivity contribution is 7.14.